The van der Waals surface area contributed by atoms with Crippen LogP contribution in [0.25, 0.3) is 27.5 Å². The van der Waals surface area contributed by atoms with Gasteiger partial charge in [0.15, 0.2) is 0 Å². The molecule has 0 spiro atoms. The van der Waals surface area contributed by atoms with Crippen LogP contribution in [0.4, 0.5) is 10.5 Å². The maximum atomic E-state index is 13.4. The lowest BCUT2D eigenvalue weighted by Gasteiger charge is -2.29. The molecule has 2 fully saturated rings. The number of nitrogens with zero attached hydrogens (tertiary/aromatic N) is 4. The van der Waals surface area contributed by atoms with Gasteiger partial charge in [-0.05, 0) is 115 Å². The summed E-state index contributed by atoms with van der Waals surface area (Å²) < 4.78 is 12.3. The topological polar surface area (TPSA) is 83.8 Å². The largest absolute Gasteiger partial charge is 0.488 e. The number of hydrogen-bond acceptors (Lipinski definition) is 6. The van der Waals surface area contributed by atoms with Crippen molar-refractivity contribution >= 4 is 45.5 Å². The van der Waals surface area contributed by atoms with Gasteiger partial charge in [-0.25, -0.2) is 4.79 Å². The van der Waals surface area contributed by atoms with E-state index in [4.69, 9.17) is 19.5 Å². The standard InChI is InChI=1S/C44H52N4O4/c1-8-27-16-40(48(23-27)43(50)52-44(5,6)7)37-19-30(22-45-37)28-11-13-32-31(17-28)24-51-41-21-33-29(18-35(32)41)12-14-36-34(33)20-38(46-36)39-10-9-15-47(39)42(49)26(4)25(2)3/h11-14,17-18,21-22,25-27,39-40H,8-10,15-16,19-20,23-24H2,1-7H3/t26-,27-,39-,40-/m0/s1. The molecule has 8 nitrogen and oxygen atoms in total. The second-order valence-corrected chi connectivity index (χ2v) is 16.9. The van der Waals surface area contributed by atoms with Gasteiger partial charge in [-0.1, -0.05) is 52.3 Å². The maximum Gasteiger partial charge on any atom is 0.410 e. The van der Waals surface area contributed by atoms with Crippen molar-refractivity contribution in [1.29, 1.82) is 0 Å². The van der Waals surface area contributed by atoms with E-state index >= 15 is 0 Å². The van der Waals surface area contributed by atoms with E-state index in [0.717, 1.165) is 84.6 Å². The molecule has 0 unspecified atom stereocenters. The van der Waals surface area contributed by atoms with E-state index in [1.807, 2.05) is 31.9 Å². The normalized spacial score (nSPS) is 22.8. The van der Waals surface area contributed by atoms with Gasteiger partial charge >= 0.3 is 6.09 Å². The van der Waals surface area contributed by atoms with Crippen molar-refractivity contribution < 1.29 is 19.1 Å². The molecule has 2 saturated heterocycles. The first kappa shape index (κ1) is 34.6. The molecule has 0 saturated carbocycles. The minimum atomic E-state index is -0.535. The number of likely N-dealkylation sites (tertiary alicyclic amines) is 2. The van der Waals surface area contributed by atoms with Gasteiger partial charge in [0.05, 0.1) is 17.8 Å². The van der Waals surface area contributed by atoms with Crippen molar-refractivity contribution in [3.63, 3.8) is 0 Å². The van der Waals surface area contributed by atoms with Gasteiger partial charge in [0, 0.05) is 55.0 Å². The number of benzene rings is 3. The van der Waals surface area contributed by atoms with Crippen molar-refractivity contribution in [2.24, 2.45) is 27.7 Å². The lowest BCUT2D eigenvalue weighted by Crippen LogP contribution is -2.44. The monoisotopic (exact) mass is 700 g/mol. The Bertz CT molecular complexity index is 2050. The van der Waals surface area contributed by atoms with Gasteiger partial charge in [0.25, 0.3) is 0 Å². The Hall–Kier alpha value is -4.46. The lowest BCUT2D eigenvalue weighted by molar-refractivity contribution is -0.136. The summed E-state index contributed by atoms with van der Waals surface area (Å²) in [7, 11) is 0. The fraction of sp³-hybridized carbons (Fsp3) is 0.500. The number of rotatable bonds is 6. The van der Waals surface area contributed by atoms with E-state index in [9.17, 15) is 9.59 Å². The molecule has 3 aromatic rings. The Morgan fingerprint density at radius 1 is 0.981 bits per heavy atom. The van der Waals surface area contributed by atoms with Crippen LogP contribution in [0.3, 0.4) is 0 Å². The van der Waals surface area contributed by atoms with Crippen LogP contribution in [-0.4, -0.2) is 64.0 Å². The third-order valence-corrected chi connectivity index (χ3v) is 12.0. The molecule has 0 radical (unpaired) electrons. The van der Waals surface area contributed by atoms with Gasteiger partial charge in [-0.3, -0.25) is 19.7 Å². The van der Waals surface area contributed by atoms with Gasteiger partial charge in [0.1, 0.15) is 18.0 Å². The van der Waals surface area contributed by atoms with Gasteiger partial charge in [-0.15, -0.1) is 0 Å². The van der Waals surface area contributed by atoms with Crippen molar-refractivity contribution in [2.75, 3.05) is 13.1 Å². The zero-order chi connectivity index (χ0) is 36.5. The molecule has 3 aromatic carbocycles. The Morgan fingerprint density at radius 3 is 2.58 bits per heavy atom. The second kappa shape index (κ2) is 13.2. The SMILES string of the molecule is CC[C@H]1C[C@@H](C2=NC=C(c3ccc4c(c3)COc3cc5c6c(ccc5cc3-4)N=C([C@@H]3CCCN3C(=O)[C@@H](C)C(C)C)C6)C2)N(C(=O)OC(C)(C)C)C1. The van der Waals surface area contributed by atoms with Crippen LogP contribution < -0.4 is 4.74 Å². The highest BCUT2D eigenvalue weighted by Crippen LogP contribution is 2.45. The van der Waals surface area contributed by atoms with Crippen LogP contribution in [0.15, 0.2) is 58.6 Å². The number of carbonyl (C=O) groups excluding carboxylic acids is 2. The maximum absolute atomic E-state index is 13.4. The molecule has 2 amide bonds. The highest BCUT2D eigenvalue weighted by molar-refractivity contribution is 6.07. The van der Waals surface area contributed by atoms with Crippen molar-refractivity contribution in [2.45, 2.75) is 111 Å². The number of hydrogen-bond donors (Lipinski definition) is 0. The Labute approximate surface area is 308 Å². The molecule has 272 valence electrons. The quantitative estimate of drug-likeness (QED) is 0.257. The fourth-order valence-corrected chi connectivity index (χ4v) is 8.73. The number of carbonyl (C=O) groups is 2. The van der Waals surface area contributed by atoms with Crippen LogP contribution in [0, 0.1) is 17.8 Å². The van der Waals surface area contributed by atoms with E-state index in [1.165, 1.54) is 27.5 Å². The fourth-order valence-electron chi connectivity index (χ4n) is 8.73. The van der Waals surface area contributed by atoms with E-state index in [-0.39, 0.29) is 30.0 Å². The van der Waals surface area contributed by atoms with Crippen LogP contribution in [0.1, 0.15) is 97.3 Å². The molecule has 5 aliphatic rings. The number of allylic oxidation sites excluding steroid dienone is 1. The molecular weight excluding hydrogens is 649 g/mol. The van der Waals surface area contributed by atoms with Crippen molar-refractivity contribution in [1.82, 2.24) is 9.80 Å². The minimum Gasteiger partial charge on any atom is -0.488 e. The summed E-state index contributed by atoms with van der Waals surface area (Å²) in [5.41, 5.74) is 9.65. The Balaban J connectivity index is 0.996. The molecular formula is C44H52N4O4. The molecule has 8 heteroatoms. The number of aliphatic imine (C=N–C) groups is 2. The molecule has 4 atom stereocenters. The van der Waals surface area contributed by atoms with Crippen LogP contribution in [0.2, 0.25) is 0 Å². The smallest absolute Gasteiger partial charge is 0.410 e. The lowest BCUT2D eigenvalue weighted by atomic mass is 9.89. The summed E-state index contributed by atoms with van der Waals surface area (Å²) in [6.07, 6.45) is 7.18. The molecule has 0 N–H and O–H groups in total. The summed E-state index contributed by atoms with van der Waals surface area (Å²) in [4.78, 5) is 40.6. The average molecular weight is 701 g/mol. The van der Waals surface area contributed by atoms with Crippen molar-refractivity contribution in [3.05, 3.63) is 65.4 Å². The highest BCUT2D eigenvalue weighted by Gasteiger charge is 2.41. The predicted molar refractivity (Wildman–Crippen MR) is 208 cm³/mol. The van der Waals surface area contributed by atoms with Crippen molar-refractivity contribution in [3.8, 4) is 16.9 Å². The van der Waals surface area contributed by atoms with Gasteiger partial charge < -0.3 is 14.4 Å². The minimum absolute atomic E-state index is 0.0107. The number of fused-ring (bicyclic) bond motifs is 6. The van der Waals surface area contributed by atoms with Crippen LogP contribution in [0.5, 0.6) is 5.75 Å². The second-order valence-electron chi connectivity index (χ2n) is 16.9. The number of amides is 2. The zero-order valence-electron chi connectivity index (χ0n) is 31.8. The van der Waals surface area contributed by atoms with Crippen LogP contribution in [-0.2, 0) is 22.6 Å². The number of ether oxygens (including phenoxy) is 2. The molecule has 8 rings (SSSR count). The molecule has 5 heterocycles. The molecule has 0 aromatic heterocycles. The van der Waals surface area contributed by atoms with E-state index in [1.54, 1.807) is 0 Å². The zero-order valence-corrected chi connectivity index (χ0v) is 31.8. The summed E-state index contributed by atoms with van der Waals surface area (Å²) >= 11 is 0. The predicted octanol–water partition coefficient (Wildman–Crippen LogP) is 9.53. The molecule has 0 aliphatic carbocycles. The first-order chi connectivity index (χ1) is 24.9. The van der Waals surface area contributed by atoms with Gasteiger partial charge in [0.2, 0.25) is 5.91 Å². The highest BCUT2D eigenvalue weighted by atomic mass is 16.6. The third-order valence-electron chi connectivity index (χ3n) is 12.0. The summed E-state index contributed by atoms with van der Waals surface area (Å²) in [6.45, 7) is 16.3. The van der Waals surface area contributed by atoms with Gasteiger partial charge in [-0.2, -0.15) is 0 Å². The first-order valence-corrected chi connectivity index (χ1v) is 19.4. The summed E-state index contributed by atoms with van der Waals surface area (Å²) in [5.74, 6) is 1.93. The first-order valence-electron chi connectivity index (χ1n) is 19.4. The Morgan fingerprint density at radius 2 is 1.81 bits per heavy atom. The molecule has 52 heavy (non-hydrogen) atoms. The summed E-state index contributed by atoms with van der Waals surface area (Å²) in [5, 5.41) is 2.36. The third kappa shape index (κ3) is 6.22. The Kier molecular flexibility index (Phi) is 8.78. The van der Waals surface area contributed by atoms with E-state index in [2.05, 4.69) is 75.1 Å². The van der Waals surface area contributed by atoms with E-state index in [0.29, 0.717) is 25.0 Å². The molecule has 0 bridgehead atoms. The van der Waals surface area contributed by atoms with E-state index < -0.39 is 5.60 Å². The average Bonchev–Trinajstić information content (AvgIpc) is 3.94. The molecule has 5 aliphatic heterocycles. The summed E-state index contributed by atoms with van der Waals surface area (Å²) in [6, 6.07) is 15.5. The van der Waals surface area contributed by atoms with Crippen LogP contribution >= 0.6 is 0 Å².